The highest BCUT2D eigenvalue weighted by molar-refractivity contribution is 5.42. The molecule has 1 fully saturated rings. The predicted molar refractivity (Wildman–Crippen MR) is 78.9 cm³/mol. The Kier molecular flexibility index (Phi) is 4.65. The third kappa shape index (κ3) is 3.74. The number of nitrogens with zero attached hydrogens (tertiary/aromatic N) is 1. The van der Waals surface area contributed by atoms with Crippen LogP contribution in [0.2, 0.25) is 0 Å². The molecule has 0 amide bonds. The van der Waals surface area contributed by atoms with Gasteiger partial charge in [-0.25, -0.2) is 0 Å². The van der Waals surface area contributed by atoms with Crippen molar-refractivity contribution in [1.29, 1.82) is 0 Å². The average Bonchev–Trinajstić information content (AvgIpc) is 2.36. The fourth-order valence-corrected chi connectivity index (χ4v) is 3.02. The number of benzene rings is 1. The number of hydrogen-bond donors (Lipinski definition) is 1. The van der Waals surface area contributed by atoms with Gasteiger partial charge in [0.15, 0.2) is 0 Å². The van der Waals surface area contributed by atoms with Crippen LogP contribution < -0.4 is 5.32 Å². The van der Waals surface area contributed by atoms with E-state index in [4.69, 9.17) is 0 Å². The standard InChI is InChI=1S/C16H26N2/c1-13-9-14(2)12-18(11-13)15(3)10-17-16-7-5-4-6-8-16/h4-8,13-15,17H,9-12H2,1-3H3. The summed E-state index contributed by atoms with van der Waals surface area (Å²) in [5.74, 6) is 1.68. The molecular weight excluding hydrogens is 220 g/mol. The molecule has 2 heteroatoms. The smallest absolute Gasteiger partial charge is 0.0340 e. The summed E-state index contributed by atoms with van der Waals surface area (Å²) in [7, 11) is 0. The molecule has 1 saturated heterocycles. The minimum absolute atomic E-state index is 0.607. The molecule has 0 bridgehead atoms. The van der Waals surface area contributed by atoms with Crippen molar-refractivity contribution in [3.05, 3.63) is 30.3 Å². The quantitative estimate of drug-likeness (QED) is 0.875. The zero-order chi connectivity index (χ0) is 13.0. The lowest BCUT2D eigenvalue weighted by Gasteiger charge is -2.39. The van der Waals surface area contributed by atoms with Gasteiger partial charge in [0.05, 0.1) is 0 Å². The van der Waals surface area contributed by atoms with Crippen molar-refractivity contribution < 1.29 is 0 Å². The van der Waals surface area contributed by atoms with Crippen molar-refractivity contribution in [1.82, 2.24) is 4.90 Å². The summed E-state index contributed by atoms with van der Waals surface area (Å²) in [4.78, 5) is 2.63. The Morgan fingerprint density at radius 1 is 1.17 bits per heavy atom. The lowest BCUT2D eigenvalue weighted by Crippen LogP contribution is -2.46. The number of hydrogen-bond acceptors (Lipinski definition) is 2. The second kappa shape index (κ2) is 6.24. The molecular formula is C16H26N2. The first-order valence-corrected chi connectivity index (χ1v) is 7.18. The molecule has 0 aromatic heterocycles. The predicted octanol–water partition coefficient (Wildman–Crippen LogP) is 3.46. The van der Waals surface area contributed by atoms with Crippen LogP contribution >= 0.6 is 0 Å². The van der Waals surface area contributed by atoms with Crippen LogP contribution in [0, 0.1) is 11.8 Å². The van der Waals surface area contributed by atoms with Crippen LogP contribution in [-0.4, -0.2) is 30.6 Å². The van der Waals surface area contributed by atoms with Crippen molar-refractivity contribution >= 4 is 5.69 Å². The first kappa shape index (κ1) is 13.4. The zero-order valence-corrected chi connectivity index (χ0v) is 11.9. The van der Waals surface area contributed by atoms with E-state index in [-0.39, 0.29) is 0 Å². The molecule has 0 spiro atoms. The Morgan fingerprint density at radius 2 is 1.78 bits per heavy atom. The summed E-state index contributed by atoms with van der Waals surface area (Å²) in [6.45, 7) is 10.6. The number of nitrogens with one attached hydrogen (secondary N) is 1. The lowest BCUT2D eigenvalue weighted by atomic mass is 9.91. The Balaban J connectivity index is 1.82. The topological polar surface area (TPSA) is 15.3 Å². The van der Waals surface area contributed by atoms with Crippen LogP contribution in [-0.2, 0) is 0 Å². The second-order valence-corrected chi connectivity index (χ2v) is 6.00. The molecule has 3 atom stereocenters. The zero-order valence-electron chi connectivity index (χ0n) is 11.9. The molecule has 1 N–H and O–H groups in total. The Morgan fingerprint density at radius 3 is 2.39 bits per heavy atom. The van der Waals surface area contributed by atoms with E-state index in [1.165, 1.54) is 25.2 Å². The maximum absolute atomic E-state index is 3.53. The highest BCUT2D eigenvalue weighted by Gasteiger charge is 2.24. The highest BCUT2D eigenvalue weighted by Crippen LogP contribution is 2.22. The average molecular weight is 246 g/mol. The molecule has 1 aliphatic rings. The number of piperidine rings is 1. The molecule has 1 heterocycles. The molecule has 2 nitrogen and oxygen atoms in total. The van der Waals surface area contributed by atoms with Gasteiger partial charge in [0.25, 0.3) is 0 Å². The summed E-state index contributed by atoms with van der Waals surface area (Å²) >= 11 is 0. The van der Waals surface area contributed by atoms with E-state index >= 15 is 0 Å². The molecule has 0 aliphatic carbocycles. The van der Waals surface area contributed by atoms with Gasteiger partial charge in [0, 0.05) is 31.4 Å². The summed E-state index contributed by atoms with van der Waals surface area (Å²) in [6.07, 6.45) is 1.38. The summed E-state index contributed by atoms with van der Waals surface area (Å²) in [5, 5.41) is 3.53. The maximum Gasteiger partial charge on any atom is 0.0340 e. The van der Waals surface area contributed by atoms with Crippen molar-refractivity contribution in [2.45, 2.75) is 33.2 Å². The van der Waals surface area contributed by atoms with Crippen molar-refractivity contribution in [3.63, 3.8) is 0 Å². The molecule has 1 aromatic rings. The molecule has 100 valence electrons. The number of para-hydroxylation sites is 1. The van der Waals surface area contributed by atoms with E-state index in [0.717, 1.165) is 18.4 Å². The molecule has 18 heavy (non-hydrogen) atoms. The van der Waals surface area contributed by atoms with Gasteiger partial charge in [0.2, 0.25) is 0 Å². The molecule has 3 unspecified atom stereocenters. The molecule has 1 aromatic carbocycles. The number of rotatable bonds is 4. The Hall–Kier alpha value is -1.02. The Bertz CT molecular complexity index is 339. The van der Waals surface area contributed by atoms with Gasteiger partial charge in [-0.15, -0.1) is 0 Å². The van der Waals surface area contributed by atoms with Crippen LogP contribution in [0.15, 0.2) is 30.3 Å². The number of anilines is 1. The van der Waals surface area contributed by atoms with Gasteiger partial charge in [-0.3, -0.25) is 4.90 Å². The Labute approximate surface area is 111 Å². The van der Waals surface area contributed by atoms with Gasteiger partial charge in [-0.1, -0.05) is 32.0 Å². The van der Waals surface area contributed by atoms with E-state index in [2.05, 4.69) is 61.3 Å². The largest absolute Gasteiger partial charge is 0.383 e. The lowest BCUT2D eigenvalue weighted by molar-refractivity contribution is 0.108. The van der Waals surface area contributed by atoms with Gasteiger partial charge in [-0.2, -0.15) is 0 Å². The third-order valence-electron chi connectivity index (χ3n) is 3.90. The van der Waals surface area contributed by atoms with Crippen LogP contribution in [0.5, 0.6) is 0 Å². The van der Waals surface area contributed by atoms with E-state index in [1.54, 1.807) is 0 Å². The van der Waals surface area contributed by atoms with Crippen LogP contribution in [0.25, 0.3) is 0 Å². The fourth-order valence-electron chi connectivity index (χ4n) is 3.02. The first-order chi connectivity index (χ1) is 8.65. The van der Waals surface area contributed by atoms with E-state index in [9.17, 15) is 0 Å². The van der Waals surface area contributed by atoms with Crippen LogP contribution in [0.4, 0.5) is 5.69 Å². The van der Waals surface area contributed by atoms with Crippen LogP contribution in [0.1, 0.15) is 27.2 Å². The van der Waals surface area contributed by atoms with E-state index in [0.29, 0.717) is 6.04 Å². The molecule has 1 aliphatic heterocycles. The number of likely N-dealkylation sites (tertiary alicyclic amines) is 1. The minimum atomic E-state index is 0.607. The van der Waals surface area contributed by atoms with Gasteiger partial charge < -0.3 is 5.32 Å². The van der Waals surface area contributed by atoms with Crippen LogP contribution in [0.3, 0.4) is 0 Å². The van der Waals surface area contributed by atoms with Gasteiger partial charge in [-0.05, 0) is 37.3 Å². The normalized spacial score (nSPS) is 26.8. The SMILES string of the molecule is CC1CC(C)CN(C(C)CNc2ccccc2)C1. The third-order valence-corrected chi connectivity index (χ3v) is 3.90. The van der Waals surface area contributed by atoms with Crippen molar-refractivity contribution in [2.75, 3.05) is 25.0 Å². The second-order valence-electron chi connectivity index (χ2n) is 6.00. The summed E-state index contributed by atoms with van der Waals surface area (Å²) in [5.41, 5.74) is 1.22. The molecule has 2 rings (SSSR count). The van der Waals surface area contributed by atoms with Gasteiger partial charge in [0.1, 0.15) is 0 Å². The summed E-state index contributed by atoms with van der Waals surface area (Å²) in [6, 6.07) is 11.1. The minimum Gasteiger partial charge on any atom is -0.383 e. The summed E-state index contributed by atoms with van der Waals surface area (Å²) < 4.78 is 0. The van der Waals surface area contributed by atoms with E-state index in [1.807, 2.05) is 0 Å². The first-order valence-electron chi connectivity index (χ1n) is 7.18. The van der Waals surface area contributed by atoms with Gasteiger partial charge >= 0.3 is 0 Å². The fraction of sp³-hybridized carbons (Fsp3) is 0.625. The molecule has 0 saturated carbocycles. The maximum atomic E-state index is 3.53. The van der Waals surface area contributed by atoms with Crippen molar-refractivity contribution in [3.8, 4) is 0 Å². The molecule has 0 radical (unpaired) electrons. The highest BCUT2D eigenvalue weighted by atomic mass is 15.2. The monoisotopic (exact) mass is 246 g/mol. The van der Waals surface area contributed by atoms with E-state index < -0.39 is 0 Å². The van der Waals surface area contributed by atoms with Crippen molar-refractivity contribution in [2.24, 2.45) is 11.8 Å².